The number of ether oxygens (including phenoxy) is 2. The summed E-state index contributed by atoms with van der Waals surface area (Å²) in [5.74, 6) is 0.0509. The molecule has 0 aromatic carbocycles. The molecule has 1 unspecified atom stereocenters. The lowest BCUT2D eigenvalue weighted by molar-refractivity contribution is -0.144. The summed E-state index contributed by atoms with van der Waals surface area (Å²) in [4.78, 5) is 11.5. The summed E-state index contributed by atoms with van der Waals surface area (Å²) in [6, 6.07) is 0.0620. The molecule has 1 fully saturated rings. The van der Waals surface area contributed by atoms with Crippen molar-refractivity contribution >= 4 is 5.97 Å². The Kier molecular flexibility index (Phi) is 5.05. The van der Waals surface area contributed by atoms with Crippen molar-refractivity contribution < 1.29 is 14.3 Å². The van der Waals surface area contributed by atoms with Crippen molar-refractivity contribution in [1.29, 1.82) is 0 Å². The molecule has 1 aliphatic heterocycles. The molecule has 0 aromatic heterocycles. The molecule has 0 aromatic rings. The van der Waals surface area contributed by atoms with E-state index in [0.29, 0.717) is 6.61 Å². The van der Waals surface area contributed by atoms with Gasteiger partial charge in [-0.3, -0.25) is 10.1 Å². The predicted molar refractivity (Wildman–Crippen MR) is 57.6 cm³/mol. The molecule has 1 saturated heterocycles. The van der Waals surface area contributed by atoms with E-state index in [2.05, 4.69) is 5.32 Å². The number of methoxy groups -OCH3 is 1. The zero-order valence-corrected chi connectivity index (χ0v) is 9.79. The van der Waals surface area contributed by atoms with Crippen molar-refractivity contribution in [1.82, 2.24) is 5.32 Å². The van der Waals surface area contributed by atoms with Gasteiger partial charge in [0, 0.05) is 12.6 Å². The van der Waals surface area contributed by atoms with Crippen LogP contribution < -0.4 is 5.32 Å². The molecule has 1 aliphatic rings. The smallest absolute Gasteiger partial charge is 0.323 e. The van der Waals surface area contributed by atoms with Crippen LogP contribution in [0.2, 0.25) is 0 Å². The SMILES string of the molecule is COC(=O)[C@@H](NC1CCCOC1)C(C)C. The average Bonchev–Trinajstić information content (AvgIpc) is 2.26. The van der Waals surface area contributed by atoms with Gasteiger partial charge in [-0.2, -0.15) is 0 Å². The minimum absolute atomic E-state index is 0.185. The van der Waals surface area contributed by atoms with Crippen molar-refractivity contribution in [2.75, 3.05) is 20.3 Å². The number of esters is 1. The van der Waals surface area contributed by atoms with E-state index < -0.39 is 0 Å². The summed E-state index contributed by atoms with van der Waals surface area (Å²) in [6.45, 7) is 5.56. The van der Waals surface area contributed by atoms with Gasteiger partial charge in [-0.15, -0.1) is 0 Å². The lowest BCUT2D eigenvalue weighted by Crippen LogP contribution is -2.49. The van der Waals surface area contributed by atoms with Crippen LogP contribution in [0, 0.1) is 5.92 Å². The van der Waals surface area contributed by atoms with Crippen LogP contribution in [-0.2, 0) is 14.3 Å². The molecule has 2 atom stereocenters. The highest BCUT2D eigenvalue weighted by Gasteiger charge is 2.26. The molecule has 4 heteroatoms. The maximum atomic E-state index is 11.5. The molecule has 0 spiro atoms. The van der Waals surface area contributed by atoms with E-state index in [1.165, 1.54) is 7.11 Å². The van der Waals surface area contributed by atoms with Crippen molar-refractivity contribution in [2.24, 2.45) is 5.92 Å². The molecular weight excluding hydrogens is 194 g/mol. The second-order valence-corrected chi connectivity index (χ2v) is 4.33. The normalized spacial score (nSPS) is 23.9. The molecule has 0 saturated carbocycles. The quantitative estimate of drug-likeness (QED) is 0.709. The second-order valence-electron chi connectivity index (χ2n) is 4.33. The van der Waals surface area contributed by atoms with Crippen LogP contribution in [0.5, 0.6) is 0 Å². The van der Waals surface area contributed by atoms with Crippen LogP contribution in [0.25, 0.3) is 0 Å². The molecular formula is C11H21NO3. The summed E-state index contributed by atoms with van der Waals surface area (Å²) in [6.07, 6.45) is 2.13. The third-order valence-corrected chi connectivity index (χ3v) is 2.70. The highest BCUT2D eigenvalue weighted by atomic mass is 16.5. The third-order valence-electron chi connectivity index (χ3n) is 2.70. The molecule has 1 N–H and O–H groups in total. The van der Waals surface area contributed by atoms with Crippen LogP contribution >= 0.6 is 0 Å². The van der Waals surface area contributed by atoms with E-state index in [4.69, 9.17) is 9.47 Å². The first-order chi connectivity index (χ1) is 7.15. The molecule has 1 rings (SSSR count). The fraction of sp³-hybridized carbons (Fsp3) is 0.909. The number of carbonyl (C=O) groups excluding carboxylic acids is 1. The van der Waals surface area contributed by atoms with E-state index in [-0.39, 0.29) is 24.0 Å². The van der Waals surface area contributed by atoms with Crippen LogP contribution in [-0.4, -0.2) is 38.4 Å². The Labute approximate surface area is 91.3 Å². The Balaban J connectivity index is 2.46. The Hall–Kier alpha value is -0.610. The Bertz CT molecular complexity index is 200. The molecule has 0 radical (unpaired) electrons. The number of nitrogens with one attached hydrogen (secondary N) is 1. The van der Waals surface area contributed by atoms with Crippen molar-refractivity contribution in [3.63, 3.8) is 0 Å². The standard InChI is InChI=1S/C11H21NO3/c1-8(2)10(11(13)14-3)12-9-5-4-6-15-7-9/h8-10,12H,4-7H2,1-3H3/t9?,10-/m0/s1. The predicted octanol–water partition coefficient (Wildman–Crippen LogP) is 0.953. The highest BCUT2D eigenvalue weighted by molar-refractivity contribution is 5.75. The minimum Gasteiger partial charge on any atom is -0.468 e. The van der Waals surface area contributed by atoms with E-state index in [1.54, 1.807) is 0 Å². The molecule has 0 aliphatic carbocycles. The number of rotatable bonds is 4. The zero-order chi connectivity index (χ0) is 11.3. The lowest BCUT2D eigenvalue weighted by atomic mass is 10.0. The molecule has 0 amide bonds. The summed E-state index contributed by atoms with van der Waals surface area (Å²) >= 11 is 0. The maximum Gasteiger partial charge on any atom is 0.323 e. The number of carbonyl (C=O) groups is 1. The Morgan fingerprint density at radius 3 is 2.73 bits per heavy atom. The fourth-order valence-electron chi connectivity index (χ4n) is 1.79. The van der Waals surface area contributed by atoms with Crippen LogP contribution in [0.3, 0.4) is 0 Å². The summed E-state index contributed by atoms with van der Waals surface area (Å²) in [5.41, 5.74) is 0. The van der Waals surface area contributed by atoms with Crippen LogP contribution in [0.4, 0.5) is 0 Å². The highest BCUT2D eigenvalue weighted by Crippen LogP contribution is 2.10. The Morgan fingerprint density at radius 2 is 2.27 bits per heavy atom. The molecule has 1 heterocycles. The van der Waals surface area contributed by atoms with Gasteiger partial charge < -0.3 is 9.47 Å². The van der Waals surface area contributed by atoms with Gasteiger partial charge in [0.25, 0.3) is 0 Å². The van der Waals surface area contributed by atoms with Crippen LogP contribution in [0.15, 0.2) is 0 Å². The van der Waals surface area contributed by atoms with E-state index in [1.807, 2.05) is 13.8 Å². The number of hydrogen-bond acceptors (Lipinski definition) is 4. The van der Waals surface area contributed by atoms with Crippen LogP contribution in [0.1, 0.15) is 26.7 Å². The van der Waals surface area contributed by atoms with Gasteiger partial charge in [0.15, 0.2) is 0 Å². The lowest BCUT2D eigenvalue weighted by Gasteiger charge is -2.29. The second kappa shape index (κ2) is 6.08. The van der Waals surface area contributed by atoms with Gasteiger partial charge in [-0.25, -0.2) is 0 Å². The van der Waals surface area contributed by atoms with Gasteiger partial charge in [0.1, 0.15) is 6.04 Å². The maximum absolute atomic E-state index is 11.5. The van der Waals surface area contributed by atoms with Gasteiger partial charge in [-0.05, 0) is 18.8 Å². The third kappa shape index (κ3) is 3.80. The first-order valence-electron chi connectivity index (χ1n) is 5.56. The minimum atomic E-state index is -0.221. The molecule has 88 valence electrons. The molecule has 15 heavy (non-hydrogen) atoms. The van der Waals surface area contributed by atoms with Crippen molar-refractivity contribution in [3.05, 3.63) is 0 Å². The monoisotopic (exact) mass is 215 g/mol. The van der Waals surface area contributed by atoms with E-state index in [0.717, 1.165) is 19.4 Å². The van der Waals surface area contributed by atoms with Gasteiger partial charge in [0.05, 0.1) is 13.7 Å². The average molecular weight is 215 g/mol. The Morgan fingerprint density at radius 1 is 1.53 bits per heavy atom. The largest absolute Gasteiger partial charge is 0.468 e. The first kappa shape index (κ1) is 12.5. The van der Waals surface area contributed by atoms with E-state index >= 15 is 0 Å². The van der Waals surface area contributed by atoms with Crippen molar-refractivity contribution in [3.8, 4) is 0 Å². The van der Waals surface area contributed by atoms with Gasteiger partial charge in [0.2, 0.25) is 0 Å². The molecule has 0 bridgehead atoms. The molecule has 4 nitrogen and oxygen atoms in total. The number of hydrogen-bond donors (Lipinski definition) is 1. The van der Waals surface area contributed by atoms with E-state index in [9.17, 15) is 4.79 Å². The topological polar surface area (TPSA) is 47.6 Å². The van der Waals surface area contributed by atoms with Gasteiger partial charge in [-0.1, -0.05) is 13.8 Å². The van der Waals surface area contributed by atoms with Gasteiger partial charge >= 0.3 is 5.97 Å². The van der Waals surface area contributed by atoms with Crippen molar-refractivity contribution in [2.45, 2.75) is 38.8 Å². The first-order valence-corrected chi connectivity index (χ1v) is 5.56. The summed E-state index contributed by atoms with van der Waals surface area (Å²) in [7, 11) is 1.43. The summed E-state index contributed by atoms with van der Waals surface area (Å²) < 4.78 is 10.1. The fourth-order valence-corrected chi connectivity index (χ4v) is 1.79. The summed E-state index contributed by atoms with van der Waals surface area (Å²) in [5, 5.41) is 3.31. The zero-order valence-electron chi connectivity index (χ0n) is 9.79.